The number of likely N-dealkylation sites (tertiary alicyclic amines) is 1. The van der Waals surface area contributed by atoms with E-state index in [0.29, 0.717) is 31.0 Å². The summed E-state index contributed by atoms with van der Waals surface area (Å²) in [7, 11) is 1.18. The van der Waals surface area contributed by atoms with Gasteiger partial charge in [0, 0.05) is 35.6 Å². The lowest BCUT2D eigenvalue weighted by Gasteiger charge is -2.46. The van der Waals surface area contributed by atoms with Crippen molar-refractivity contribution in [2.45, 2.75) is 24.6 Å². The number of rotatable bonds is 2. The summed E-state index contributed by atoms with van der Waals surface area (Å²) in [6.07, 6.45) is -1.39. The summed E-state index contributed by atoms with van der Waals surface area (Å²) in [4.78, 5) is 14.7. The van der Waals surface area contributed by atoms with Gasteiger partial charge in [-0.15, -0.1) is 0 Å². The van der Waals surface area contributed by atoms with Crippen molar-refractivity contribution in [2.24, 2.45) is 0 Å². The second-order valence-electron chi connectivity index (χ2n) is 8.34. The highest BCUT2D eigenvalue weighted by atomic mass is 35.5. The standard InChI is InChI=1S/C24H21ClF3N3O2/c1-33-20-7-4-15(13-17(20)24(26,27)28)22(32)30-11-8-23(9-12-30)21-3-2-10-31(21)19-14-16(25)5-6-18(19)29-23/h2-7,10,13-14,29H,8-9,11-12H2,1H3. The van der Waals surface area contributed by atoms with Crippen molar-refractivity contribution < 1.29 is 22.7 Å². The lowest BCUT2D eigenvalue weighted by molar-refractivity contribution is -0.138. The van der Waals surface area contributed by atoms with E-state index in [9.17, 15) is 18.0 Å². The Morgan fingerprint density at radius 3 is 2.58 bits per heavy atom. The number of amides is 1. The fourth-order valence-corrected chi connectivity index (χ4v) is 5.00. The molecule has 1 spiro atoms. The monoisotopic (exact) mass is 475 g/mol. The zero-order valence-corrected chi connectivity index (χ0v) is 18.5. The normalized spacial score (nSPS) is 16.7. The molecule has 0 radical (unpaired) electrons. The van der Waals surface area contributed by atoms with Crippen molar-refractivity contribution in [1.82, 2.24) is 9.47 Å². The zero-order valence-electron chi connectivity index (χ0n) is 17.7. The second kappa shape index (κ2) is 7.73. The van der Waals surface area contributed by atoms with Crippen LogP contribution in [0.1, 0.15) is 34.5 Å². The first-order chi connectivity index (χ1) is 15.7. The molecule has 3 aromatic rings. The van der Waals surface area contributed by atoms with Crippen LogP contribution < -0.4 is 10.1 Å². The number of benzene rings is 2. The van der Waals surface area contributed by atoms with Crippen molar-refractivity contribution in [3.63, 3.8) is 0 Å². The summed E-state index contributed by atoms with van der Waals surface area (Å²) >= 11 is 6.19. The summed E-state index contributed by atoms with van der Waals surface area (Å²) in [5.41, 5.74) is 1.66. The van der Waals surface area contributed by atoms with Gasteiger partial charge in [-0.2, -0.15) is 13.2 Å². The Hall–Kier alpha value is -3.13. The first kappa shape index (κ1) is 21.7. The van der Waals surface area contributed by atoms with E-state index in [1.54, 1.807) is 4.90 Å². The summed E-state index contributed by atoms with van der Waals surface area (Å²) in [6, 6.07) is 13.1. The Morgan fingerprint density at radius 2 is 1.88 bits per heavy atom. The molecule has 2 aromatic carbocycles. The van der Waals surface area contributed by atoms with E-state index in [0.717, 1.165) is 23.1 Å². The smallest absolute Gasteiger partial charge is 0.419 e. The lowest BCUT2D eigenvalue weighted by atomic mass is 9.82. The lowest BCUT2D eigenvalue weighted by Crippen LogP contribution is -2.51. The molecule has 0 atom stereocenters. The summed E-state index contributed by atoms with van der Waals surface area (Å²) < 4.78 is 47.1. The van der Waals surface area contributed by atoms with E-state index in [2.05, 4.69) is 9.88 Å². The van der Waals surface area contributed by atoms with Crippen LogP contribution in [-0.4, -0.2) is 35.6 Å². The van der Waals surface area contributed by atoms with Crippen LogP contribution in [0.4, 0.5) is 18.9 Å². The molecule has 1 fully saturated rings. The molecule has 2 aliphatic rings. The van der Waals surface area contributed by atoms with E-state index in [4.69, 9.17) is 16.3 Å². The van der Waals surface area contributed by atoms with Crippen LogP contribution in [0.15, 0.2) is 54.7 Å². The number of nitrogens with zero attached hydrogens (tertiary/aromatic N) is 2. The van der Waals surface area contributed by atoms with Crippen molar-refractivity contribution in [2.75, 3.05) is 25.5 Å². The van der Waals surface area contributed by atoms with E-state index < -0.39 is 17.6 Å². The Morgan fingerprint density at radius 1 is 1.12 bits per heavy atom. The third-order valence-corrected chi connectivity index (χ3v) is 6.72. The van der Waals surface area contributed by atoms with E-state index >= 15 is 0 Å². The maximum Gasteiger partial charge on any atom is 0.419 e. The number of fused-ring (bicyclic) bond motifs is 4. The number of anilines is 1. The van der Waals surface area contributed by atoms with Crippen LogP contribution in [0.2, 0.25) is 5.02 Å². The minimum absolute atomic E-state index is 0.000888. The average Bonchev–Trinajstić information content (AvgIpc) is 3.30. The molecule has 3 heterocycles. The molecule has 9 heteroatoms. The van der Waals surface area contributed by atoms with Crippen molar-refractivity contribution >= 4 is 23.2 Å². The number of carbonyl (C=O) groups excluding carboxylic acids is 1. The van der Waals surface area contributed by atoms with E-state index in [-0.39, 0.29) is 16.9 Å². The van der Waals surface area contributed by atoms with Crippen molar-refractivity contribution in [3.8, 4) is 11.4 Å². The molecule has 1 saturated heterocycles. The maximum atomic E-state index is 13.4. The highest BCUT2D eigenvalue weighted by molar-refractivity contribution is 6.30. The van der Waals surface area contributed by atoms with Crippen LogP contribution in [0.5, 0.6) is 5.75 Å². The van der Waals surface area contributed by atoms with Crippen LogP contribution in [0, 0.1) is 0 Å². The molecule has 5 nitrogen and oxygen atoms in total. The first-order valence-corrected chi connectivity index (χ1v) is 10.9. The fourth-order valence-electron chi connectivity index (χ4n) is 4.83. The Balaban J connectivity index is 1.39. The van der Waals surface area contributed by atoms with Gasteiger partial charge in [0.1, 0.15) is 5.75 Å². The molecule has 0 aliphatic carbocycles. The third-order valence-electron chi connectivity index (χ3n) is 6.49. The predicted molar refractivity (Wildman–Crippen MR) is 119 cm³/mol. The number of alkyl halides is 3. The number of halogens is 4. The van der Waals surface area contributed by atoms with Gasteiger partial charge in [-0.25, -0.2) is 0 Å². The Bertz CT molecular complexity index is 1230. The number of carbonyl (C=O) groups is 1. The van der Waals surface area contributed by atoms with Gasteiger partial charge in [0.2, 0.25) is 0 Å². The minimum atomic E-state index is -4.61. The highest BCUT2D eigenvalue weighted by Crippen LogP contribution is 2.44. The third kappa shape index (κ3) is 3.62. The molecule has 0 saturated carbocycles. The molecule has 2 aliphatic heterocycles. The molecule has 5 rings (SSSR count). The van der Waals surface area contributed by atoms with Gasteiger partial charge in [0.15, 0.2) is 0 Å². The molecular weight excluding hydrogens is 455 g/mol. The van der Waals surface area contributed by atoms with Gasteiger partial charge < -0.3 is 19.5 Å². The van der Waals surface area contributed by atoms with Gasteiger partial charge in [-0.3, -0.25) is 4.79 Å². The Kier molecular flexibility index (Phi) is 5.08. The number of hydrogen-bond donors (Lipinski definition) is 1. The van der Waals surface area contributed by atoms with Crippen LogP contribution >= 0.6 is 11.6 Å². The topological polar surface area (TPSA) is 46.5 Å². The van der Waals surface area contributed by atoms with Gasteiger partial charge in [0.05, 0.1) is 29.6 Å². The van der Waals surface area contributed by atoms with Gasteiger partial charge in [-0.05, 0) is 61.4 Å². The highest BCUT2D eigenvalue weighted by Gasteiger charge is 2.43. The first-order valence-electron chi connectivity index (χ1n) is 10.5. The summed E-state index contributed by atoms with van der Waals surface area (Å²) in [5, 5.41) is 4.29. The number of hydrogen-bond acceptors (Lipinski definition) is 3. The van der Waals surface area contributed by atoms with Crippen molar-refractivity contribution in [1.29, 1.82) is 0 Å². The molecule has 1 amide bonds. The van der Waals surface area contributed by atoms with E-state index in [1.807, 2.05) is 36.5 Å². The molecule has 172 valence electrons. The van der Waals surface area contributed by atoms with Crippen LogP contribution in [0.3, 0.4) is 0 Å². The largest absolute Gasteiger partial charge is 0.496 e. The zero-order chi connectivity index (χ0) is 23.4. The van der Waals surface area contributed by atoms with E-state index in [1.165, 1.54) is 19.2 Å². The van der Waals surface area contributed by atoms with Crippen LogP contribution in [-0.2, 0) is 11.7 Å². The Labute approximate surface area is 193 Å². The van der Waals surface area contributed by atoms with Gasteiger partial charge in [-0.1, -0.05) is 11.6 Å². The number of aromatic nitrogens is 1. The number of methoxy groups -OCH3 is 1. The van der Waals surface area contributed by atoms with Crippen molar-refractivity contribution in [3.05, 3.63) is 76.6 Å². The second-order valence-corrected chi connectivity index (χ2v) is 8.77. The summed E-state index contributed by atoms with van der Waals surface area (Å²) in [5.74, 6) is -0.723. The predicted octanol–water partition coefficient (Wildman–Crippen LogP) is 5.72. The maximum absolute atomic E-state index is 13.4. The number of ether oxygens (including phenoxy) is 1. The average molecular weight is 476 g/mol. The molecule has 1 aromatic heterocycles. The number of piperidine rings is 1. The molecule has 33 heavy (non-hydrogen) atoms. The fraction of sp³-hybridized carbons (Fsp3) is 0.292. The molecule has 1 N–H and O–H groups in total. The summed E-state index contributed by atoms with van der Waals surface area (Å²) in [6.45, 7) is 0.820. The van der Waals surface area contributed by atoms with Gasteiger partial charge >= 0.3 is 6.18 Å². The number of nitrogens with one attached hydrogen (secondary N) is 1. The minimum Gasteiger partial charge on any atom is -0.496 e. The van der Waals surface area contributed by atoms with Crippen LogP contribution in [0.25, 0.3) is 5.69 Å². The molecular formula is C24H21ClF3N3O2. The molecule has 0 bridgehead atoms. The van der Waals surface area contributed by atoms with Gasteiger partial charge in [0.25, 0.3) is 5.91 Å². The SMILES string of the molecule is COc1ccc(C(=O)N2CCC3(CC2)Nc2ccc(Cl)cc2-n2cccc23)cc1C(F)(F)F. The quantitative estimate of drug-likeness (QED) is 0.516. The molecule has 0 unspecified atom stereocenters.